The number of amides is 4. The number of nitrogens with zero attached hydrogens (tertiary/aromatic N) is 2. The van der Waals surface area contributed by atoms with Gasteiger partial charge in [-0.1, -0.05) is 49.7 Å². The van der Waals surface area contributed by atoms with Crippen LogP contribution in [0.15, 0.2) is 54.6 Å². The van der Waals surface area contributed by atoms with Crippen LogP contribution in [0.1, 0.15) is 25.8 Å². The Morgan fingerprint density at radius 1 is 1.04 bits per heavy atom. The number of benzene rings is 2. The number of nitrogens with one attached hydrogen (secondary N) is 1. The Kier molecular flexibility index (Phi) is 5.78. The van der Waals surface area contributed by atoms with Crippen LogP contribution in [0.5, 0.6) is 0 Å². The number of hydrogen-bond donors (Lipinski definition) is 1. The van der Waals surface area contributed by atoms with E-state index in [2.05, 4.69) is 5.32 Å². The second kappa shape index (κ2) is 8.25. The van der Waals surface area contributed by atoms with Gasteiger partial charge in [-0.3, -0.25) is 9.59 Å². The van der Waals surface area contributed by atoms with Crippen LogP contribution in [0.4, 0.5) is 16.2 Å². The molecule has 1 saturated heterocycles. The van der Waals surface area contributed by atoms with Crippen molar-refractivity contribution in [2.45, 2.75) is 33.2 Å². The van der Waals surface area contributed by atoms with Crippen molar-refractivity contribution in [3.8, 4) is 0 Å². The number of imide groups is 1. The van der Waals surface area contributed by atoms with E-state index in [0.717, 1.165) is 5.56 Å². The molecule has 0 bridgehead atoms. The molecular weight excluding hydrogens is 354 g/mol. The maximum absolute atomic E-state index is 13.1. The zero-order chi connectivity index (χ0) is 20.3. The normalized spacial score (nSPS) is 16.8. The smallest absolute Gasteiger partial charge is 0.326 e. The van der Waals surface area contributed by atoms with Gasteiger partial charge in [0.1, 0.15) is 6.04 Å². The lowest BCUT2D eigenvalue weighted by Gasteiger charge is -2.23. The van der Waals surface area contributed by atoms with Gasteiger partial charge >= 0.3 is 6.03 Å². The van der Waals surface area contributed by atoms with E-state index in [9.17, 15) is 14.4 Å². The Hall–Kier alpha value is -3.15. The molecule has 1 atom stereocenters. The maximum atomic E-state index is 13.1. The minimum Gasteiger partial charge on any atom is -0.326 e. The molecule has 146 valence electrons. The van der Waals surface area contributed by atoms with Crippen LogP contribution in [-0.2, 0) is 9.59 Å². The summed E-state index contributed by atoms with van der Waals surface area (Å²) in [7, 11) is 0. The van der Waals surface area contributed by atoms with Gasteiger partial charge in [0.15, 0.2) is 0 Å². The van der Waals surface area contributed by atoms with Crippen LogP contribution in [0, 0.1) is 12.8 Å². The zero-order valence-corrected chi connectivity index (χ0v) is 16.4. The van der Waals surface area contributed by atoms with Crippen molar-refractivity contribution in [1.82, 2.24) is 4.90 Å². The first-order chi connectivity index (χ1) is 13.4. The fourth-order valence-corrected chi connectivity index (χ4v) is 3.28. The summed E-state index contributed by atoms with van der Waals surface area (Å²) < 4.78 is 0. The lowest BCUT2D eigenvalue weighted by atomic mass is 10.1. The minimum absolute atomic E-state index is 0.0749. The fraction of sp³-hybridized carbons (Fsp3) is 0.318. The maximum Gasteiger partial charge on any atom is 0.332 e. The predicted octanol–water partition coefficient (Wildman–Crippen LogP) is 3.82. The topological polar surface area (TPSA) is 69.7 Å². The summed E-state index contributed by atoms with van der Waals surface area (Å²) >= 11 is 0. The highest BCUT2D eigenvalue weighted by atomic mass is 16.2. The predicted molar refractivity (Wildman–Crippen MR) is 109 cm³/mol. The molecule has 0 radical (unpaired) electrons. The van der Waals surface area contributed by atoms with Crippen molar-refractivity contribution in [2.24, 2.45) is 5.92 Å². The highest BCUT2D eigenvalue weighted by Crippen LogP contribution is 2.28. The van der Waals surface area contributed by atoms with Gasteiger partial charge in [0.05, 0.1) is 12.1 Å². The molecule has 0 aromatic heterocycles. The third kappa shape index (κ3) is 4.22. The van der Waals surface area contributed by atoms with Gasteiger partial charge in [0.2, 0.25) is 5.91 Å². The third-order valence-electron chi connectivity index (χ3n) is 4.61. The Labute approximate surface area is 165 Å². The number of carbonyl (C=O) groups is 3. The molecule has 0 aliphatic carbocycles. The monoisotopic (exact) mass is 379 g/mol. The minimum atomic E-state index is -0.806. The summed E-state index contributed by atoms with van der Waals surface area (Å²) in [6.07, 6.45) is -0.0749. The fourth-order valence-electron chi connectivity index (χ4n) is 3.28. The third-order valence-corrected chi connectivity index (χ3v) is 4.61. The molecule has 4 amide bonds. The molecule has 0 spiro atoms. The molecule has 0 unspecified atom stereocenters. The molecule has 2 aromatic rings. The van der Waals surface area contributed by atoms with E-state index >= 15 is 0 Å². The average Bonchev–Trinajstić information content (AvgIpc) is 2.87. The number of hydrogen-bond acceptors (Lipinski definition) is 3. The van der Waals surface area contributed by atoms with Crippen molar-refractivity contribution in [1.29, 1.82) is 0 Å². The number of para-hydroxylation sites is 1. The Balaban J connectivity index is 1.82. The zero-order valence-electron chi connectivity index (χ0n) is 16.4. The van der Waals surface area contributed by atoms with Crippen LogP contribution >= 0.6 is 0 Å². The van der Waals surface area contributed by atoms with Crippen molar-refractivity contribution in [3.63, 3.8) is 0 Å². The van der Waals surface area contributed by atoms with Gasteiger partial charge in [0, 0.05) is 12.2 Å². The highest BCUT2D eigenvalue weighted by molar-refractivity contribution is 6.22. The van der Waals surface area contributed by atoms with Crippen LogP contribution < -0.4 is 10.2 Å². The molecule has 28 heavy (non-hydrogen) atoms. The molecule has 1 N–H and O–H groups in total. The Morgan fingerprint density at radius 2 is 1.68 bits per heavy atom. The second-order valence-corrected chi connectivity index (χ2v) is 7.47. The molecule has 6 heteroatoms. The second-order valence-electron chi connectivity index (χ2n) is 7.47. The SMILES string of the molecule is Cc1ccc(N2C(=O)[C@@H](CC(=O)Nc3ccccc3)N(CC(C)C)C2=O)cc1. The van der Waals surface area contributed by atoms with E-state index in [0.29, 0.717) is 17.9 Å². The molecular formula is C22H25N3O3. The van der Waals surface area contributed by atoms with Crippen LogP contribution in [0.2, 0.25) is 0 Å². The number of carbonyl (C=O) groups excluding carboxylic acids is 3. The molecule has 1 fully saturated rings. The lowest BCUT2D eigenvalue weighted by Crippen LogP contribution is -2.40. The molecule has 1 aliphatic rings. The van der Waals surface area contributed by atoms with Crippen molar-refractivity contribution < 1.29 is 14.4 Å². The van der Waals surface area contributed by atoms with E-state index in [4.69, 9.17) is 0 Å². The quantitative estimate of drug-likeness (QED) is 0.776. The first kappa shape index (κ1) is 19.6. The van der Waals surface area contributed by atoms with Gasteiger partial charge in [-0.15, -0.1) is 0 Å². The van der Waals surface area contributed by atoms with Gasteiger partial charge < -0.3 is 10.2 Å². The average molecular weight is 379 g/mol. The standard InChI is InChI=1S/C22H25N3O3/c1-15(2)14-24-19(13-20(26)23-17-7-5-4-6-8-17)21(27)25(22(24)28)18-11-9-16(3)10-12-18/h4-12,15,19H,13-14H2,1-3H3,(H,23,26)/t19-/m1/s1. The summed E-state index contributed by atoms with van der Waals surface area (Å²) in [4.78, 5) is 41.3. The van der Waals surface area contributed by atoms with Gasteiger partial charge in [0.25, 0.3) is 5.91 Å². The van der Waals surface area contributed by atoms with Gasteiger partial charge in [-0.2, -0.15) is 0 Å². The Morgan fingerprint density at radius 3 is 2.29 bits per heavy atom. The molecule has 6 nitrogen and oxygen atoms in total. The van der Waals surface area contributed by atoms with Gasteiger partial charge in [-0.05, 0) is 37.1 Å². The summed E-state index contributed by atoms with van der Waals surface area (Å²) in [6, 6.07) is 15.1. The molecule has 0 saturated carbocycles. The molecule has 1 heterocycles. The summed E-state index contributed by atoms with van der Waals surface area (Å²) in [6.45, 7) is 6.32. The molecule has 1 aliphatic heterocycles. The molecule has 3 rings (SSSR count). The van der Waals surface area contributed by atoms with E-state index < -0.39 is 6.04 Å². The first-order valence-corrected chi connectivity index (χ1v) is 9.43. The molecule has 2 aromatic carbocycles. The number of aryl methyl sites for hydroxylation is 1. The van der Waals surface area contributed by atoms with E-state index in [1.165, 1.54) is 9.80 Å². The van der Waals surface area contributed by atoms with E-state index in [1.807, 2.05) is 51.1 Å². The number of anilines is 2. The summed E-state index contributed by atoms with van der Waals surface area (Å²) in [5, 5.41) is 2.79. The number of urea groups is 1. The summed E-state index contributed by atoms with van der Waals surface area (Å²) in [5.41, 5.74) is 2.23. The first-order valence-electron chi connectivity index (χ1n) is 9.43. The lowest BCUT2D eigenvalue weighted by molar-refractivity contribution is -0.124. The van der Waals surface area contributed by atoms with Crippen molar-refractivity contribution in [3.05, 3.63) is 60.2 Å². The van der Waals surface area contributed by atoms with Crippen LogP contribution in [0.25, 0.3) is 0 Å². The van der Waals surface area contributed by atoms with Crippen molar-refractivity contribution in [2.75, 3.05) is 16.8 Å². The van der Waals surface area contributed by atoms with Gasteiger partial charge in [-0.25, -0.2) is 9.69 Å². The van der Waals surface area contributed by atoms with Crippen LogP contribution in [-0.4, -0.2) is 35.3 Å². The van der Waals surface area contributed by atoms with E-state index in [1.54, 1.807) is 24.3 Å². The van der Waals surface area contributed by atoms with E-state index in [-0.39, 0.29) is 30.2 Å². The Bertz CT molecular complexity index is 862. The van der Waals surface area contributed by atoms with Crippen molar-refractivity contribution >= 4 is 29.2 Å². The number of rotatable bonds is 6. The highest BCUT2D eigenvalue weighted by Gasteiger charge is 2.46. The summed E-state index contributed by atoms with van der Waals surface area (Å²) in [5.74, 6) is -0.482. The van der Waals surface area contributed by atoms with Crippen LogP contribution in [0.3, 0.4) is 0 Å². The largest absolute Gasteiger partial charge is 0.332 e.